The van der Waals surface area contributed by atoms with Crippen LogP contribution in [0.3, 0.4) is 0 Å². The highest BCUT2D eigenvalue weighted by molar-refractivity contribution is 5.74. The molecule has 0 aliphatic heterocycles. The molecule has 2 N–H and O–H groups in total. The second kappa shape index (κ2) is 6.30. The normalized spacial score (nSPS) is 6.00. The molecule has 0 saturated heterocycles. The Balaban J connectivity index is 0. The molecule has 5 nitrogen and oxygen atoms in total. The van der Waals surface area contributed by atoms with Gasteiger partial charge < -0.3 is 14.9 Å². The SMILES string of the molecule is C#C.O=C(O)OC(=O)O. The topological polar surface area (TPSA) is 83.8 Å². The molecule has 0 fully saturated rings. The average molecular weight is 132 g/mol. The number of terminal acetylenes is 1. The second-order valence-electron chi connectivity index (χ2n) is 0.634. The van der Waals surface area contributed by atoms with Crippen LogP contribution in [0.5, 0.6) is 0 Å². The fraction of sp³-hybridized carbons (Fsp3) is 0. The standard InChI is InChI=1S/C2H2O5.C2H2/c3-1(4)7-2(5)6;1-2/h(H,3,4)(H,5,6);1-2H. The van der Waals surface area contributed by atoms with Crippen molar-refractivity contribution >= 4 is 12.3 Å². The smallest absolute Gasteiger partial charge is 0.449 e. The largest absolute Gasteiger partial charge is 0.516 e. The van der Waals surface area contributed by atoms with Gasteiger partial charge in [-0.05, 0) is 0 Å². The average Bonchev–Trinajstić information content (AvgIpc) is 1.68. The van der Waals surface area contributed by atoms with Gasteiger partial charge in [0.25, 0.3) is 0 Å². The van der Waals surface area contributed by atoms with Gasteiger partial charge in [0.2, 0.25) is 0 Å². The minimum atomic E-state index is -1.81. The molecule has 0 amide bonds. The van der Waals surface area contributed by atoms with Gasteiger partial charge in [-0.15, -0.1) is 12.8 Å². The van der Waals surface area contributed by atoms with Gasteiger partial charge in [-0.25, -0.2) is 9.59 Å². The van der Waals surface area contributed by atoms with Crippen LogP contribution in [0, 0.1) is 12.8 Å². The zero-order chi connectivity index (χ0) is 7.86. The zero-order valence-corrected chi connectivity index (χ0v) is 4.27. The molecule has 0 aliphatic carbocycles. The molecule has 0 aromatic heterocycles. The van der Waals surface area contributed by atoms with Crippen LogP contribution in [0.2, 0.25) is 0 Å². The molecular weight excluding hydrogens is 128 g/mol. The van der Waals surface area contributed by atoms with Crippen molar-refractivity contribution in [2.45, 2.75) is 0 Å². The van der Waals surface area contributed by atoms with Crippen molar-refractivity contribution in [3.63, 3.8) is 0 Å². The fourth-order valence-corrected chi connectivity index (χ4v) is 0.0747. The van der Waals surface area contributed by atoms with Crippen molar-refractivity contribution in [1.29, 1.82) is 0 Å². The first kappa shape index (κ1) is 10.3. The van der Waals surface area contributed by atoms with Crippen LogP contribution in [-0.2, 0) is 4.74 Å². The molecule has 0 radical (unpaired) electrons. The maximum absolute atomic E-state index is 9.21. The predicted molar refractivity (Wildman–Crippen MR) is 27.0 cm³/mol. The highest BCUT2D eigenvalue weighted by atomic mass is 16.7. The third-order valence-electron chi connectivity index (χ3n) is 0.175. The number of carbonyl (C=O) groups is 2. The maximum Gasteiger partial charge on any atom is 0.516 e. The van der Waals surface area contributed by atoms with Crippen LogP contribution in [0.1, 0.15) is 0 Å². The Morgan fingerprint density at radius 2 is 1.33 bits per heavy atom. The first-order chi connectivity index (χ1) is 4.13. The first-order valence-electron chi connectivity index (χ1n) is 1.60. The summed E-state index contributed by atoms with van der Waals surface area (Å²) in [6.45, 7) is 0. The van der Waals surface area contributed by atoms with Gasteiger partial charge in [0.15, 0.2) is 0 Å². The molecule has 0 spiro atoms. The van der Waals surface area contributed by atoms with E-state index in [1.807, 2.05) is 0 Å². The van der Waals surface area contributed by atoms with Gasteiger partial charge in [-0.2, -0.15) is 0 Å². The summed E-state index contributed by atoms with van der Waals surface area (Å²) in [7, 11) is 0. The molecule has 0 saturated carbocycles. The van der Waals surface area contributed by atoms with Crippen LogP contribution in [-0.4, -0.2) is 22.5 Å². The van der Waals surface area contributed by atoms with E-state index in [0.717, 1.165) is 0 Å². The van der Waals surface area contributed by atoms with E-state index in [4.69, 9.17) is 10.2 Å². The Morgan fingerprint density at radius 3 is 1.33 bits per heavy atom. The quantitative estimate of drug-likeness (QED) is 0.286. The molecule has 50 valence electrons. The molecule has 0 heterocycles. The van der Waals surface area contributed by atoms with Gasteiger partial charge in [0.1, 0.15) is 0 Å². The monoisotopic (exact) mass is 132 g/mol. The minimum absolute atomic E-state index is 1.81. The van der Waals surface area contributed by atoms with Crippen molar-refractivity contribution in [2.24, 2.45) is 0 Å². The summed E-state index contributed by atoms with van der Waals surface area (Å²) < 4.78 is 3.08. The highest BCUT2D eigenvalue weighted by Gasteiger charge is 2.01. The van der Waals surface area contributed by atoms with Crippen LogP contribution in [0.25, 0.3) is 0 Å². The lowest BCUT2D eigenvalue weighted by Crippen LogP contribution is -2.05. The Kier molecular flexibility index (Phi) is 7.22. The Labute approximate surface area is 50.9 Å². The molecule has 0 rings (SSSR count). The van der Waals surface area contributed by atoms with Crippen molar-refractivity contribution in [3.05, 3.63) is 0 Å². The number of hydrogen-bond donors (Lipinski definition) is 2. The molecule has 9 heavy (non-hydrogen) atoms. The lowest BCUT2D eigenvalue weighted by atomic mass is 11.3. The lowest BCUT2D eigenvalue weighted by molar-refractivity contribution is 0.0802. The summed E-state index contributed by atoms with van der Waals surface area (Å²) in [4.78, 5) is 18.4. The van der Waals surface area contributed by atoms with Gasteiger partial charge in [0.05, 0.1) is 0 Å². The van der Waals surface area contributed by atoms with Crippen molar-refractivity contribution in [1.82, 2.24) is 0 Å². The van der Waals surface area contributed by atoms with E-state index in [9.17, 15) is 9.59 Å². The predicted octanol–water partition coefficient (Wildman–Crippen LogP) is 0.608. The Bertz CT molecular complexity index is 112. The van der Waals surface area contributed by atoms with Crippen LogP contribution in [0.4, 0.5) is 9.59 Å². The van der Waals surface area contributed by atoms with Crippen LogP contribution >= 0.6 is 0 Å². The molecule has 0 aliphatic rings. The molecule has 0 atom stereocenters. The van der Waals surface area contributed by atoms with Gasteiger partial charge >= 0.3 is 12.3 Å². The van der Waals surface area contributed by atoms with E-state index in [1.165, 1.54) is 0 Å². The summed E-state index contributed by atoms with van der Waals surface area (Å²) in [5.41, 5.74) is 0. The van der Waals surface area contributed by atoms with E-state index in [0.29, 0.717) is 0 Å². The molecule has 0 aromatic carbocycles. The van der Waals surface area contributed by atoms with Gasteiger partial charge in [0, 0.05) is 0 Å². The maximum atomic E-state index is 9.21. The third kappa shape index (κ3) is 22.0. The van der Waals surface area contributed by atoms with E-state index in [2.05, 4.69) is 17.6 Å². The zero-order valence-electron chi connectivity index (χ0n) is 4.27. The number of hydrogen-bond acceptors (Lipinski definition) is 3. The van der Waals surface area contributed by atoms with Gasteiger partial charge in [-0.3, -0.25) is 0 Å². The summed E-state index contributed by atoms with van der Waals surface area (Å²) in [5.74, 6) is 0. The van der Waals surface area contributed by atoms with E-state index < -0.39 is 12.3 Å². The Morgan fingerprint density at radius 1 is 1.11 bits per heavy atom. The summed E-state index contributed by atoms with van der Waals surface area (Å²) in [5, 5.41) is 15.0. The van der Waals surface area contributed by atoms with Crippen molar-refractivity contribution in [3.8, 4) is 12.8 Å². The molecule has 0 aromatic rings. The fourth-order valence-electron chi connectivity index (χ4n) is 0.0747. The molecule has 0 unspecified atom stereocenters. The van der Waals surface area contributed by atoms with Crippen molar-refractivity contribution in [2.75, 3.05) is 0 Å². The Hall–Kier alpha value is -1.70. The number of carboxylic acid groups (broad SMARTS) is 2. The first-order valence-corrected chi connectivity index (χ1v) is 1.60. The second-order valence-corrected chi connectivity index (χ2v) is 0.634. The molecule has 5 heteroatoms. The van der Waals surface area contributed by atoms with Crippen molar-refractivity contribution < 1.29 is 24.5 Å². The summed E-state index contributed by atoms with van der Waals surface area (Å²) in [6, 6.07) is 0. The lowest BCUT2D eigenvalue weighted by Gasteiger charge is -1.84. The molecule has 0 bridgehead atoms. The third-order valence-corrected chi connectivity index (χ3v) is 0.175. The van der Waals surface area contributed by atoms with E-state index in [-0.39, 0.29) is 0 Å². The number of ether oxygens (including phenoxy) is 1. The van der Waals surface area contributed by atoms with E-state index >= 15 is 0 Å². The highest BCUT2D eigenvalue weighted by Crippen LogP contribution is 1.73. The van der Waals surface area contributed by atoms with Crippen LogP contribution in [0.15, 0.2) is 0 Å². The van der Waals surface area contributed by atoms with Crippen LogP contribution < -0.4 is 0 Å². The summed E-state index contributed by atoms with van der Waals surface area (Å²) in [6.07, 6.45) is 4.38. The van der Waals surface area contributed by atoms with E-state index in [1.54, 1.807) is 0 Å². The van der Waals surface area contributed by atoms with Gasteiger partial charge in [-0.1, -0.05) is 0 Å². The number of rotatable bonds is 0. The minimum Gasteiger partial charge on any atom is -0.449 e. The molecular formula is C4H4O5. The summed E-state index contributed by atoms with van der Waals surface area (Å²) >= 11 is 0.